The Labute approximate surface area is 232 Å². The monoisotopic (exact) mass is 531 g/mol. The quantitative estimate of drug-likeness (QED) is 0.283. The minimum absolute atomic E-state index is 0.206. The number of amides is 3. The van der Waals surface area contributed by atoms with Crippen molar-refractivity contribution in [1.82, 2.24) is 5.32 Å². The van der Waals surface area contributed by atoms with Crippen molar-refractivity contribution >= 4 is 40.5 Å². The molecule has 0 bridgehead atoms. The van der Waals surface area contributed by atoms with Gasteiger partial charge in [0, 0.05) is 35.1 Å². The Morgan fingerprint density at radius 1 is 0.850 bits per heavy atom. The Balaban J connectivity index is 1.53. The molecule has 8 nitrogen and oxygen atoms in total. The fourth-order valence-corrected chi connectivity index (χ4v) is 4.67. The first-order chi connectivity index (χ1) is 19.4. The number of aliphatic imine (C=N–C) groups is 1. The molecule has 1 heterocycles. The van der Waals surface area contributed by atoms with Crippen molar-refractivity contribution in [1.29, 1.82) is 0 Å². The van der Waals surface area contributed by atoms with Gasteiger partial charge in [-0.1, -0.05) is 78.9 Å². The van der Waals surface area contributed by atoms with E-state index in [0.29, 0.717) is 28.2 Å². The van der Waals surface area contributed by atoms with Crippen molar-refractivity contribution in [3.05, 3.63) is 125 Å². The van der Waals surface area contributed by atoms with Crippen LogP contribution in [0.1, 0.15) is 27.0 Å². The van der Waals surface area contributed by atoms with E-state index in [1.54, 1.807) is 43.4 Å². The average molecular weight is 532 g/mol. The molecular weight excluding hydrogens is 502 g/mol. The lowest BCUT2D eigenvalue weighted by Gasteiger charge is -2.25. The second-order valence-corrected chi connectivity index (χ2v) is 9.36. The number of hydrogen-bond acceptors (Lipinski definition) is 5. The van der Waals surface area contributed by atoms with Gasteiger partial charge in [-0.3, -0.25) is 9.59 Å². The van der Waals surface area contributed by atoms with Crippen LogP contribution in [0.25, 0.3) is 0 Å². The number of para-hydroxylation sites is 1. The number of benzodiazepines with no additional fused rings is 1. The number of nitrogens with one attached hydrogen (secondary N) is 3. The largest absolute Gasteiger partial charge is 0.388 e. The van der Waals surface area contributed by atoms with Gasteiger partial charge in [0.25, 0.3) is 5.91 Å². The van der Waals surface area contributed by atoms with E-state index in [1.165, 1.54) is 4.90 Å². The molecule has 0 radical (unpaired) electrons. The topological polar surface area (TPSA) is 103 Å². The summed E-state index contributed by atoms with van der Waals surface area (Å²) in [7, 11) is 1.79. The highest BCUT2D eigenvalue weighted by molar-refractivity contribution is 6.21. The van der Waals surface area contributed by atoms with Gasteiger partial charge in [-0.15, -0.1) is 0 Å². The Kier molecular flexibility index (Phi) is 7.68. The van der Waals surface area contributed by atoms with E-state index in [2.05, 4.69) is 16.0 Å². The lowest BCUT2D eigenvalue weighted by Crippen LogP contribution is -2.50. The second-order valence-electron chi connectivity index (χ2n) is 9.36. The van der Waals surface area contributed by atoms with Crippen LogP contribution in [0.5, 0.6) is 0 Å². The van der Waals surface area contributed by atoms with E-state index in [9.17, 15) is 14.4 Å². The third-order valence-electron chi connectivity index (χ3n) is 6.68. The zero-order valence-electron chi connectivity index (χ0n) is 22.2. The number of carbonyl (C=O) groups excluding carboxylic acids is 3. The van der Waals surface area contributed by atoms with Crippen LogP contribution >= 0.6 is 0 Å². The third-order valence-corrected chi connectivity index (χ3v) is 6.68. The van der Waals surface area contributed by atoms with E-state index in [0.717, 1.165) is 16.8 Å². The maximum absolute atomic E-state index is 14.0. The number of carbonyl (C=O) groups is 3. The van der Waals surface area contributed by atoms with Crippen molar-refractivity contribution in [3.63, 3.8) is 0 Å². The highest BCUT2D eigenvalue weighted by Gasteiger charge is 2.34. The van der Waals surface area contributed by atoms with Gasteiger partial charge in [-0.2, -0.15) is 0 Å². The van der Waals surface area contributed by atoms with Gasteiger partial charge in [0.2, 0.25) is 6.17 Å². The van der Waals surface area contributed by atoms with E-state index >= 15 is 0 Å². The van der Waals surface area contributed by atoms with Gasteiger partial charge in [0.15, 0.2) is 5.78 Å². The summed E-state index contributed by atoms with van der Waals surface area (Å²) < 4.78 is 0. The lowest BCUT2D eigenvalue weighted by atomic mass is 9.99. The van der Waals surface area contributed by atoms with E-state index in [4.69, 9.17) is 4.99 Å². The molecule has 0 spiro atoms. The third kappa shape index (κ3) is 5.61. The molecule has 0 saturated heterocycles. The van der Waals surface area contributed by atoms with E-state index in [1.807, 2.05) is 73.7 Å². The van der Waals surface area contributed by atoms with Crippen LogP contribution in [0.15, 0.2) is 108 Å². The number of hydrogen-bond donors (Lipinski definition) is 3. The molecule has 3 amide bonds. The van der Waals surface area contributed by atoms with Crippen LogP contribution in [0.2, 0.25) is 0 Å². The molecule has 5 rings (SSSR count). The van der Waals surface area contributed by atoms with Crippen molar-refractivity contribution < 1.29 is 14.4 Å². The van der Waals surface area contributed by atoms with E-state index < -0.39 is 18.1 Å². The van der Waals surface area contributed by atoms with Crippen LogP contribution in [-0.4, -0.2) is 43.2 Å². The van der Waals surface area contributed by atoms with Gasteiger partial charge < -0.3 is 20.9 Å². The first kappa shape index (κ1) is 26.4. The summed E-state index contributed by atoms with van der Waals surface area (Å²) in [5, 5.41) is 8.52. The molecule has 40 heavy (non-hydrogen) atoms. The maximum atomic E-state index is 14.0. The molecule has 0 aromatic heterocycles. The molecule has 0 unspecified atom stereocenters. The van der Waals surface area contributed by atoms with Crippen LogP contribution in [0.4, 0.5) is 21.9 Å². The zero-order chi connectivity index (χ0) is 28.1. The van der Waals surface area contributed by atoms with Gasteiger partial charge in [-0.05, 0) is 36.8 Å². The molecule has 3 N–H and O–H groups in total. The van der Waals surface area contributed by atoms with Crippen LogP contribution < -0.4 is 20.9 Å². The van der Waals surface area contributed by atoms with Crippen molar-refractivity contribution in [2.24, 2.45) is 4.99 Å². The molecule has 1 aliphatic heterocycles. The number of anilines is 3. The van der Waals surface area contributed by atoms with Crippen molar-refractivity contribution in [3.8, 4) is 0 Å². The van der Waals surface area contributed by atoms with Crippen molar-refractivity contribution in [2.45, 2.75) is 13.1 Å². The molecule has 8 heteroatoms. The standard InChI is InChI=1S/C32H29N5O3/c1-21-11-6-7-16-25(21)28(38)20-37-27-18-9-8-17-26(27)29(22-12-4-3-5-13-22)35-30(31(37)39)36-32(40)34-24-15-10-14-23(19-24)33-2/h3-19,30,33H,20H2,1-2H3,(H2,34,36,40)/t30-/m0/s1. The van der Waals surface area contributed by atoms with Crippen molar-refractivity contribution in [2.75, 3.05) is 29.1 Å². The van der Waals surface area contributed by atoms with Gasteiger partial charge >= 0.3 is 6.03 Å². The van der Waals surface area contributed by atoms with Gasteiger partial charge in [0.05, 0.1) is 17.9 Å². The molecule has 4 aromatic carbocycles. The van der Waals surface area contributed by atoms with Crippen LogP contribution in [-0.2, 0) is 4.79 Å². The summed E-state index contributed by atoms with van der Waals surface area (Å²) >= 11 is 0. The average Bonchev–Trinajstić information content (AvgIpc) is 3.08. The summed E-state index contributed by atoms with van der Waals surface area (Å²) in [6.45, 7) is 1.65. The molecule has 4 aromatic rings. The SMILES string of the molecule is CNc1cccc(NC(=O)N[C@@H]2N=C(c3ccccc3)c3ccccc3N(CC(=O)c3ccccc3C)C2=O)c1. The summed E-state index contributed by atoms with van der Waals surface area (Å²) in [4.78, 5) is 46.8. The zero-order valence-corrected chi connectivity index (χ0v) is 22.2. The first-order valence-corrected chi connectivity index (χ1v) is 12.9. The predicted molar refractivity (Wildman–Crippen MR) is 158 cm³/mol. The fourth-order valence-electron chi connectivity index (χ4n) is 4.67. The minimum Gasteiger partial charge on any atom is -0.388 e. The Morgan fingerprint density at radius 3 is 2.33 bits per heavy atom. The lowest BCUT2D eigenvalue weighted by molar-refractivity contribution is -0.120. The highest BCUT2D eigenvalue weighted by Crippen LogP contribution is 2.29. The number of nitrogens with zero attached hydrogens (tertiary/aromatic N) is 2. The molecule has 1 aliphatic rings. The molecule has 1 atom stereocenters. The predicted octanol–water partition coefficient (Wildman–Crippen LogP) is 5.25. The normalized spacial score (nSPS) is 14.4. The maximum Gasteiger partial charge on any atom is 0.321 e. The van der Waals surface area contributed by atoms with Gasteiger partial charge in [-0.25, -0.2) is 9.79 Å². The van der Waals surface area contributed by atoms with Crippen LogP contribution in [0.3, 0.4) is 0 Å². The number of urea groups is 1. The van der Waals surface area contributed by atoms with Crippen LogP contribution in [0, 0.1) is 6.92 Å². The summed E-state index contributed by atoms with van der Waals surface area (Å²) in [5.74, 6) is -0.726. The number of benzene rings is 4. The van der Waals surface area contributed by atoms with Gasteiger partial charge in [0.1, 0.15) is 0 Å². The summed E-state index contributed by atoms with van der Waals surface area (Å²) in [6.07, 6.45) is -1.28. The van der Waals surface area contributed by atoms with E-state index in [-0.39, 0.29) is 12.3 Å². The molecule has 0 saturated carbocycles. The number of aryl methyl sites for hydroxylation is 1. The molecule has 0 fully saturated rings. The number of rotatable bonds is 7. The number of ketones is 1. The number of Topliss-reactive ketones (excluding diaryl/α,β-unsaturated/α-hetero) is 1. The number of fused-ring (bicyclic) bond motifs is 1. The Morgan fingerprint density at radius 2 is 1.55 bits per heavy atom. The smallest absolute Gasteiger partial charge is 0.321 e. The molecular formula is C32H29N5O3. The Bertz CT molecular complexity index is 1600. The molecule has 0 aliphatic carbocycles. The molecule has 200 valence electrons. The summed E-state index contributed by atoms with van der Waals surface area (Å²) in [5.41, 5.74) is 5.28. The summed E-state index contributed by atoms with van der Waals surface area (Å²) in [6, 6.07) is 30.7. The Hall–Kier alpha value is -5.24. The highest BCUT2D eigenvalue weighted by atomic mass is 16.2. The fraction of sp³-hybridized carbons (Fsp3) is 0.125. The minimum atomic E-state index is -1.28. The second kappa shape index (κ2) is 11.7. The first-order valence-electron chi connectivity index (χ1n) is 12.9.